The Balaban J connectivity index is 0.841. The van der Waals surface area contributed by atoms with E-state index < -0.39 is 11.5 Å². The van der Waals surface area contributed by atoms with Crippen LogP contribution in [0.5, 0.6) is 28.7 Å². The van der Waals surface area contributed by atoms with Gasteiger partial charge in [0.15, 0.2) is 23.0 Å². The van der Waals surface area contributed by atoms with Crippen LogP contribution in [0.25, 0.3) is 22.9 Å². The highest BCUT2D eigenvalue weighted by Crippen LogP contribution is 2.85. The molecule has 4 saturated carbocycles. The second kappa shape index (κ2) is 17.3. The van der Waals surface area contributed by atoms with E-state index in [-0.39, 0.29) is 73.8 Å². The van der Waals surface area contributed by atoms with E-state index in [2.05, 4.69) is 89.2 Å². The molecular formula is C67H72N4O6. The van der Waals surface area contributed by atoms with Gasteiger partial charge in [-0.15, -0.1) is 0 Å². The number of aryl methyl sites for hydroxylation is 1. The highest BCUT2D eigenvalue weighted by molar-refractivity contribution is 6.03. The fourth-order valence-electron chi connectivity index (χ4n) is 20.3. The van der Waals surface area contributed by atoms with E-state index in [0.29, 0.717) is 64.6 Å². The van der Waals surface area contributed by atoms with Gasteiger partial charge in [-0.1, -0.05) is 116 Å². The van der Waals surface area contributed by atoms with E-state index in [1.807, 2.05) is 18.5 Å². The van der Waals surface area contributed by atoms with Gasteiger partial charge in [0.2, 0.25) is 0 Å². The van der Waals surface area contributed by atoms with Crippen LogP contribution in [0.4, 0.5) is 0 Å². The van der Waals surface area contributed by atoms with Gasteiger partial charge in [0.05, 0.1) is 23.5 Å². The van der Waals surface area contributed by atoms with E-state index in [9.17, 15) is 30.6 Å². The molecule has 9 aliphatic rings. The summed E-state index contributed by atoms with van der Waals surface area (Å²) < 4.78 is 0. The van der Waals surface area contributed by atoms with Crippen molar-refractivity contribution in [3.05, 3.63) is 166 Å². The van der Waals surface area contributed by atoms with Crippen molar-refractivity contribution in [3.8, 4) is 28.7 Å². The number of piperidine rings is 2. The molecule has 14 unspecified atom stereocenters. The maximum atomic E-state index is 13.2. The summed E-state index contributed by atoms with van der Waals surface area (Å²) in [6.07, 6.45) is 31.2. The molecule has 9 N–H and O–H groups in total. The fraction of sp³-hybridized carbons (Fsp3) is 0.448. The molecule has 2 bridgehead atoms. The number of rotatable bonds is 8. The van der Waals surface area contributed by atoms with Crippen LogP contribution in [0.1, 0.15) is 134 Å². The fourth-order valence-corrected chi connectivity index (χ4v) is 20.3. The number of phenols is 5. The van der Waals surface area contributed by atoms with Crippen molar-refractivity contribution in [3.63, 3.8) is 0 Å². The van der Waals surface area contributed by atoms with Crippen LogP contribution < -0.4 is 10.6 Å². The van der Waals surface area contributed by atoms with Crippen molar-refractivity contribution in [1.82, 2.24) is 20.6 Å². The lowest BCUT2D eigenvalue weighted by atomic mass is 9.29. The van der Waals surface area contributed by atoms with Gasteiger partial charge in [-0.25, -0.2) is 4.98 Å². The zero-order chi connectivity index (χ0) is 52.1. The quantitative estimate of drug-likeness (QED) is 0.0408. The molecule has 6 aromatic rings. The van der Waals surface area contributed by atoms with Crippen LogP contribution in [0, 0.1) is 45.3 Å². The first-order valence-electron chi connectivity index (χ1n) is 29.1. The van der Waals surface area contributed by atoms with Crippen molar-refractivity contribution >= 4 is 22.9 Å². The smallest absolute Gasteiger partial charge is 0.169 e. The van der Waals surface area contributed by atoms with Gasteiger partial charge < -0.3 is 46.3 Å². The molecule has 6 fully saturated rings. The number of nitrogens with zero attached hydrogens (tertiary/aromatic N) is 1. The Morgan fingerprint density at radius 1 is 0.727 bits per heavy atom. The van der Waals surface area contributed by atoms with Crippen LogP contribution in [-0.4, -0.2) is 65.3 Å². The Labute approximate surface area is 451 Å². The minimum atomic E-state index is -0.549. The normalized spacial score (nSPS) is 37.0. The Morgan fingerprint density at radius 2 is 1.60 bits per heavy atom. The number of H-pyrrole nitrogens is 1. The summed E-state index contributed by atoms with van der Waals surface area (Å²) in [5.41, 5.74) is 7.90. The van der Waals surface area contributed by atoms with E-state index in [1.165, 1.54) is 92.1 Å². The number of aromatic nitrogens is 2. The predicted molar refractivity (Wildman–Crippen MR) is 299 cm³/mol. The lowest BCUT2D eigenvalue weighted by Crippen LogP contribution is -2.80. The third-order valence-electron chi connectivity index (χ3n) is 22.9. The molecule has 2 aliphatic heterocycles. The lowest BCUT2D eigenvalue weighted by Gasteiger charge is -2.76. The standard InChI is InChI=1S/C67H72N4O6/c72-52-21-15-41(33-55(52)75)14-19-47-48-9-4-10-53(73)56(48)59(77)58(76)49(47)20-13-39-11-16-42(17-12-39)51-37-63(30-31-68-46(36-63)32-40-6-2-1-3-7-40)50-34-45-24-27-64-26-23-43(35-64)57-62(70-38-69-57)67(61(50)71-51)60-54(74)22-18-44-8-5-25-65(44,60)28-29-66(45,64)67/h1-4,6-7,9-12,14-19,21-23,26,33,38,43-46,50-51,54,60-61,68,71-77H,5,8,13,20,24-25,27-32,34-37H2,(H,69,70). The number of imidazole rings is 1. The van der Waals surface area contributed by atoms with Crippen LogP contribution >= 0.6 is 0 Å². The minimum Gasteiger partial charge on any atom is -0.507 e. The second-order valence-corrected chi connectivity index (χ2v) is 25.7. The Bertz CT molecular complexity index is 3420. The highest BCUT2D eigenvalue weighted by Gasteiger charge is 2.84. The highest BCUT2D eigenvalue weighted by atomic mass is 16.3. The third-order valence-corrected chi connectivity index (χ3v) is 22.9. The maximum Gasteiger partial charge on any atom is 0.169 e. The van der Waals surface area contributed by atoms with E-state index in [1.54, 1.807) is 18.2 Å². The van der Waals surface area contributed by atoms with Crippen LogP contribution in [-0.2, 0) is 24.7 Å². The molecule has 3 heterocycles. The monoisotopic (exact) mass is 1030 g/mol. The second-order valence-electron chi connectivity index (χ2n) is 25.7. The van der Waals surface area contributed by atoms with Crippen molar-refractivity contribution in [2.45, 2.75) is 132 Å². The zero-order valence-corrected chi connectivity index (χ0v) is 43.8. The molecule has 10 nitrogen and oxygen atoms in total. The van der Waals surface area contributed by atoms with E-state index in [0.717, 1.165) is 44.2 Å². The molecule has 0 amide bonds. The average molecular weight is 1030 g/mol. The first kappa shape index (κ1) is 47.8. The number of aliphatic hydroxyl groups excluding tert-OH is 1. The first-order chi connectivity index (χ1) is 37.5. The number of benzene rings is 5. The molecular weight excluding hydrogens is 957 g/mol. The minimum absolute atomic E-state index is 0.0212. The van der Waals surface area contributed by atoms with Gasteiger partial charge in [0, 0.05) is 46.6 Å². The Hall–Kier alpha value is -6.33. The van der Waals surface area contributed by atoms with E-state index >= 15 is 0 Å². The molecule has 1 aromatic heterocycles. The number of aromatic amines is 1. The molecule has 396 valence electrons. The molecule has 77 heavy (non-hydrogen) atoms. The largest absolute Gasteiger partial charge is 0.507 e. The van der Waals surface area contributed by atoms with Crippen molar-refractivity contribution in [2.75, 3.05) is 6.54 Å². The van der Waals surface area contributed by atoms with Crippen molar-refractivity contribution in [2.24, 2.45) is 45.3 Å². The number of phenolic OH excluding ortho intramolecular Hbond substituents is 5. The number of aliphatic hydroxyl groups is 1. The number of hydrogen-bond acceptors (Lipinski definition) is 9. The molecule has 2 saturated heterocycles. The van der Waals surface area contributed by atoms with Crippen LogP contribution in [0.3, 0.4) is 0 Å². The number of fused-ring (bicyclic) bond motifs is 6. The molecule has 7 aliphatic carbocycles. The third kappa shape index (κ3) is 6.61. The molecule has 4 spiro atoms. The Kier molecular flexibility index (Phi) is 10.8. The summed E-state index contributed by atoms with van der Waals surface area (Å²) in [6, 6.07) is 30.5. The number of hydrogen-bond donors (Lipinski definition) is 9. The SMILES string of the molecule is Oc1ccc(C=Cc2c(CCc3ccc(C4CC5(CCNC(Cc6ccccc6)C5)C5CC6CCC78C=CC(C7)c7[nH]cnc7C7(C5N4)C4C(O)C=CC5CCCC54CCC687)cc3)c(O)c(O)c3c(O)cccc23)cc1O. The molecule has 5 aromatic carbocycles. The first-order valence-corrected chi connectivity index (χ1v) is 29.1. The zero-order valence-electron chi connectivity index (χ0n) is 43.8. The van der Waals surface area contributed by atoms with Crippen molar-refractivity contribution < 1.29 is 30.6 Å². The van der Waals surface area contributed by atoms with Gasteiger partial charge in [-0.2, -0.15) is 0 Å². The van der Waals surface area contributed by atoms with Gasteiger partial charge in [-0.05, 0) is 187 Å². The summed E-state index contributed by atoms with van der Waals surface area (Å²) in [5.74, 6) is 0.568. The van der Waals surface area contributed by atoms with Gasteiger partial charge in [-0.3, -0.25) is 0 Å². The van der Waals surface area contributed by atoms with Crippen LogP contribution in [0.2, 0.25) is 0 Å². The maximum absolute atomic E-state index is 13.2. The number of nitrogens with one attached hydrogen (secondary N) is 3. The van der Waals surface area contributed by atoms with Gasteiger partial charge >= 0.3 is 0 Å². The van der Waals surface area contributed by atoms with Crippen LogP contribution in [0.15, 0.2) is 122 Å². The summed E-state index contributed by atoms with van der Waals surface area (Å²) >= 11 is 0. The summed E-state index contributed by atoms with van der Waals surface area (Å²) in [7, 11) is 0. The van der Waals surface area contributed by atoms with Crippen molar-refractivity contribution in [1.29, 1.82) is 0 Å². The number of aromatic hydroxyl groups is 5. The molecule has 10 heteroatoms. The van der Waals surface area contributed by atoms with Gasteiger partial charge in [0.1, 0.15) is 5.75 Å². The molecule has 14 atom stereocenters. The van der Waals surface area contributed by atoms with E-state index in [4.69, 9.17) is 10.3 Å². The lowest BCUT2D eigenvalue weighted by molar-refractivity contribution is -0.239. The average Bonchev–Trinajstić information content (AvgIpc) is 2.88. The molecule has 0 radical (unpaired) electrons. The molecule has 15 rings (SSSR count). The Morgan fingerprint density at radius 3 is 2.45 bits per heavy atom. The summed E-state index contributed by atoms with van der Waals surface area (Å²) in [4.78, 5) is 9.55. The number of allylic oxidation sites excluding steroid dienone is 3. The summed E-state index contributed by atoms with van der Waals surface area (Å²) in [6.45, 7) is 0.990. The topological polar surface area (TPSA) is 174 Å². The summed E-state index contributed by atoms with van der Waals surface area (Å²) in [5, 5.41) is 77.1. The predicted octanol–water partition coefficient (Wildman–Crippen LogP) is 12.0. The van der Waals surface area contributed by atoms with Gasteiger partial charge in [0.25, 0.3) is 0 Å².